The number of aliphatic hydroxyl groups is 1. The van der Waals surface area contributed by atoms with Gasteiger partial charge in [-0.1, -0.05) is 36.4 Å². The summed E-state index contributed by atoms with van der Waals surface area (Å²) in [5.74, 6) is 0.664. The van der Waals surface area contributed by atoms with Crippen LogP contribution in [0.3, 0.4) is 0 Å². The van der Waals surface area contributed by atoms with Crippen molar-refractivity contribution < 1.29 is 14.9 Å². The van der Waals surface area contributed by atoms with Crippen LogP contribution in [0.25, 0.3) is 0 Å². The van der Waals surface area contributed by atoms with Crippen molar-refractivity contribution in [2.24, 2.45) is 0 Å². The summed E-state index contributed by atoms with van der Waals surface area (Å²) in [6.07, 6.45) is 0.697. The number of β-amino-alcohol motifs (C(OH)–C–C–N with tert-alkyl or cyclic N) is 1. The second-order valence-electron chi connectivity index (χ2n) is 6.28. The van der Waals surface area contributed by atoms with Crippen molar-refractivity contribution in [1.29, 1.82) is 0 Å². The number of hydrogen-bond acceptors (Lipinski definition) is 4. The third-order valence-electron chi connectivity index (χ3n) is 4.67. The number of phenols is 1. The standard InChI is InChI=1S/C19H23NO3/c1-14-6-3-4-8-16(14)19(22)10-11-20(13-19)12-15-7-5-9-17(23-2)18(15)21/h3-9,21-22H,10-13H2,1-2H3/t19-/m1/s1. The Balaban J connectivity index is 1.77. The van der Waals surface area contributed by atoms with Crippen LogP contribution in [-0.4, -0.2) is 35.3 Å². The molecule has 0 aliphatic carbocycles. The number of hydrogen-bond donors (Lipinski definition) is 2. The van der Waals surface area contributed by atoms with Gasteiger partial charge in [0.1, 0.15) is 5.60 Å². The minimum absolute atomic E-state index is 0.182. The fourth-order valence-corrected chi connectivity index (χ4v) is 3.42. The summed E-state index contributed by atoms with van der Waals surface area (Å²) in [6.45, 7) is 3.98. The quantitative estimate of drug-likeness (QED) is 0.911. The largest absolute Gasteiger partial charge is 0.504 e. The lowest BCUT2D eigenvalue weighted by molar-refractivity contribution is 0.0446. The Morgan fingerprint density at radius 3 is 2.70 bits per heavy atom. The highest BCUT2D eigenvalue weighted by Gasteiger charge is 2.38. The minimum Gasteiger partial charge on any atom is -0.504 e. The zero-order valence-electron chi connectivity index (χ0n) is 13.6. The van der Waals surface area contributed by atoms with E-state index >= 15 is 0 Å². The van der Waals surface area contributed by atoms with Crippen molar-refractivity contribution in [1.82, 2.24) is 4.90 Å². The van der Waals surface area contributed by atoms with Gasteiger partial charge in [-0.3, -0.25) is 4.90 Å². The number of nitrogens with zero attached hydrogens (tertiary/aromatic N) is 1. The number of ether oxygens (including phenoxy) is 1. The average Bonchev–Trinajstić information content (AvgIpc) is 2.92. The first-order valence-corrected chi connectivity index (χ1v) is 7.89. The maximum atomic E-state index is 11.0. The van der Waals surface area contributed by atoms with Crippen molar-refractivity contribution in [3.8, 4) is 11.5 Å². The zero-order chi connectivity index (χ0) is 16.4. The van der Waals surface area contributed by atoms with Crippen LogP contribution in [0.15, 0.2) is 42.5 Å². The van der Waals surface area contributed by atoms with Crippen molar-refractivity contribution in [2.45, 2.75) is 25.5 Å². The van der Waals surface area contributed by atoms with E-state index in [0.29, 0.717) is 25.3 Å². The SMILES string of the molecule is COc1cccc(CN2CC[C@](O)(c3ccccc3C)C2)c1O. The van der Waals surface area contributed by atoms with E-state index in [9.17, 15) is 10.2 Å². The minimum atomic E-state index is -0.820. The maximum Gasteiger partial charge on any atom is 0.162 e. The lowest BCUT2D eigenvalue weighted by Gasteiger charge is -2.26. The number of likely N-dealkylation sites (tertiary alicyclic amines) is 1. The molecular weight excluding hydrogens is 290 g/mol. The maximum absolute atomic E-state index is 11.0. The summed E-state index contributed by atoms with van der Waals surface area (Å²) < 4.78 is 5.16. The second-order valence-corrected chi connectivity index (χ2v) is 6.28. The van der Waals surface area contributed by atoms with Gasteiger partial charge in [0.15, 0.2) is 11.5 Å². The van der Waals surface area contributed by atoms with E-state index in [4.69, 9.17) is 4.74 Å². The molecule has 0 saturated carbocycles. The Morgan fingerprint density at radius 1 is 1.17 bits per heavy atom. The van der Waals surface area contributed by atoms with Crippen molar-refractivity contribution in [3.63, 3.8) is 0 Å². The lowest BCUT2D eigenvalue weighted by atomic mass is 9.89. The van der Waals surface area contributed by atoms with E-state index in [1.54, 1.807) is 13.2 Å². The van der Waals surface area contributed by atoms with Crippen LogP contribution in [0.2, 0.25) is 0 Å². The number of methoxy groups -OCH3 is 1. The Kier molecular flexibility index (Phi) is 4.28. The summed E-state index contributed by atoms with van der Waals surface area (Å²) in [4.78, 5) is 2.17. The summed E-state index contributed by atoms with van der Waals surface area (Å²) in [6, 6.07) is 13.5. The summed E-state index contributed by atoms with van der Waals surface area (Å²) >= 11 is 0. The first-order chi connectivity index (χ1) is 11.0. The molecule has 0 amide bonds. The topological polar surface area (TPSA) is 52.9 Å². The van der Waals surface area contributed by atoms with Gasteiger partial charge in [-0.15, -0.1) is 0 Å². The first kappa shape index (κ1) is 15.8. The third-order valence-corrected chi connectivity index (χ3v) is 4.67. The highest BCUT2D eigenvalue weighted by molar-refractivity contribution is 5.45. The smallest absolute Gasteiger partial charge is 0.162 e. The van der Waals surface area contributed by atoms with Gasteiger partial charge in [0.25, 0.3) is 0 Å². The molecular formula is C19H23NO3. The van der Waals surface area contributed by atoms with E-state index in [1.807, 2.05) is 43.3 Å². The van der Waals surface area contributed by atoms with Crippen LogP contribution < -0.4 is 4.74 Å². The van der Waals surface area contributed by atoms with Crippen molar-refractivity contribution >= 4 is 0 Å². The van der Waals surface area contributed by atoms with Gasteiger partial charge in [0, 0.05) is 25.2 Å². The molecule has 4 heteroatoms. The summed E-state index contributed by atoms with van der Waals surface area (Å²) in [7, 11) is 1.55. The number of aryl methyl sites for hydroxylation is 1. The predicted octanol–water partition coefficient (Wildman–Crippen LogP) is 2.80. The monoisotopic (exact) mass is 313 g/mol. The highest BCUT2D eigenvalue weighted by atomic mass is 16.5. The number of phenolic OH excluding ortho intramolecular Hbond substituents is 1. The molecule has 3 rings (SSSR count). The van der Waals surface area contributed by atoms with E-state index in [-0.39, 0.29) is 5.75 Å². The van der Waals surface area contributed by atoms with Crippen LogP contribution in [0.5, 0.6) is 11.5 Å². The van der Waals surface area contributed by atoms with Crippen molar-refractivity contribution in [2.75, 3.05) is 20.2 Å². The molecule has 1 aliphatic rings. The fourth-order valence-electron chi connectivity index (χ4n) is 3.42. The second kappa shape index (κ2) is 6.22. The Hall–Kier alpha value is -2.04. The average molecular weight is 313 g/mol. The fraction of sp³-hybridized carbons (Fsp3) is 0.368. The number of benzene rings is 2. The molecule has 0 bridgehead atoms. The van der Waals surface area contributed by atoms with E-state index in [2.05, 4.69) is 4.90 Å². The zero-order valence-corrected chi connectivity index (χ0v) is 13.6. The van der Waals surface area contributed by atoms with Gasteiger partial charge in [-0.2, -0.15) is 0 Å². The van der Waals surface area contributed by atoms with Crippen LogP contribution in [0.1, 0.15) is 23.1 Å². The normalized spacial score (nSPS) is 21.5. The Bertz CT molecular complexity index is 701. The molecule has 1 saturated heterocycles. The molecule has 4 nitrogen and oxygen atoms in total. The number of aromatic hydroxyl groups is 1. The molecule has 2 N–H and O–H groups in total. The van der Waals surface area contributed by atoms with Gasteiger partial charge >= 0.3 is 0 Å². The molecule has 23 heavy (non-hydrogen) atoms. The molecule has 0 radical (unpaired) electrons. The molecule has 1 aliphatic heterocycles. The predicted molar refractivity (Wildman–Crippen MR) is 89.6 cm³/mol. The van der Waals surface area contributed by atoms with E-state index < -0.39 is 5.60 Å². The molecule has 0 spiro atoms. The highest BCUT2D eigenvalue weighted by Crippen LogP contribution is 2.36. The molecule has 122 valence electrons. The van der Waals surface area contributed by atoms with Gasteiger partial charge in [0.05, 0.1) is 7.11 Å². The Labute approximate surface area is 136 Å². The summed E-state index contributed by atoms with van der Waals surface area (Å²) in [5, 5.41) is 21.3. The van der Waals surface area contributed by atoms with Gasteiger partial charge in [-0.25, -0.2) is 0 Å². The number of rotatable bonds is 4. The summed E-state index contributed by atoms with van der Waals surface area (Å²) in [5.41, 5.74) is 2.11. The Morgan fingerprint density at radius 2 is 1.96 bits per heavy atom. The third kappa shape index (κ3) is 3.05. The van der Waals surface area contributed by atoms with Crippen molar-refractivity contribution in [3.05, 3.63) is 59.2 Å². The number of para-hydroxylation sites is 1. The van der Waals surface area contributed by atoms with Crippen LogP contribution in [-0.2, 0) is 12.1 Å². The van der Waals surface area contributed by atoms with Gasteiger partial charge < -0.3 is 14.9 Å². The van der Waals surface area contributed by atoms with Crippen LogP contribution >= 0.6 is 0 Å². The first-order valence-electron chi connectivity index (χ1n) is 7.89. The molecule has 1 atom stereocenters. The molecule has 1 heterocycles. The molecule has 0 aromatic heterocycles. The molecule has 2 aromatic carbocycles. The van der Waals surface area contributed by atoms with E-state index in [0.717, 1.165) is 23.2 Å². The lowest BCUT2D eigenvalue weighted by Crippen LogP contribution is -2.31. The van der Waals surface area contributed by atoms with Gasteiger partial charge in [-0.05, 0) is 30.5 Å². The van der Waals surface area contributed by atoms with Gasteiger partial charge in [0.2, 0.25) is 0 Å². The van der Waals surface area contributed by atoms with E-state index in [1.165, 1.54) is 0 Å². The van der Waals surface area contributed by atoms with Crippen LogP contribution in [0, 0.1) is 6.92 Å². The molecule has 1 fully saturated rings. The molecule has 0 unspecified atom stereocenters. The molecule has 2 aromatic rings. The van der Waals surface area contributed by atoms with Crippen LogP contribution in [0.4, 0.5) is 0 Å².